The van der Waals surface area contributed by atoms with Crippen LogP contribution in [0.2, 0.25) is 0 Å². The number of aryl methyl sites for hydroxylation is 1. The van der Waals surface area contributed by atoms with Crippen molar-refractivity contribution in [2.45, 2.75) is 27.3 Å². The lowest BCUT2D eigenvalue weighted by Crippen LogP contribution is -2.10. The molecule has 0 fully saturated rings. The first-order valence-corrected chi connectivity index (χ1v) is 10.9. The van der Waals surface area contributed by atoms with Gasteiger partial charge in [-0.1, -0.05) is 48.5 Å². The molecule has 0 bridgehead atoms. The number of fused-ring (bicyclic) bond motifs is 1. The summed E-state index contributed by atoms with van der Waals surface area (Å²) in [5, 5.41) is 22.0. The van der Waals surface area contributed by atoms with Gasteiger partial charge in [-0.15, -0.1) is 15.3 Å². The van der Waals surface area contributed by atoms with Crippen LogP contribution in [0, 0.1) is 6.92 Å². The summed E-state index contributed by atoms with van der Waals surface area (Å²) in [6.45, 7) is 4.73. The number of tetrazole rings is 1. The van der Waals surface area contributed by atoms with Crippen molar-refractivity contribution in [3.8, 4) is 34.3 Å². The molecule has 3 heterocycles. The minimum absolute atomic E-state index is 0.0137. The van der Waals surface area contributed by atoms with Gasteiger partial charge in [0.1, 0.15) is 11.3 Å². The fourth-order valence-corrected chi connectivity index (χ4v) is 3.91. The molecule has 1 N–H and O–H groups in total. The van der Waals surface area contributed by atoms with Crippen molar-refractivity contribution in [3.05, 3.63) is 59.9 Å². The number of H-pyrrole nitrogens is 1. The number of aromatic amines is 1. The minimum Gasteiger partial charge on any atom is -0.404 e. The number of imidazole rings is 1. The third-order valence-corrected chi connectivity index (χ3v) is 5.41. The number of hydrogen-bond donors (Lipinski definition) is 1. The van der Waals surface area contributed by atoms with Gasteiger partial charge in [-0.3, -0.25) is 9.59 Å². The van der Waals surface area contributed by atoms with Crippen molar-refractivity contribution >= 4 is 23.0 Å². The van der Waals surface area contributed by atoms with Crippen LogP contribution >= 0.6 is 0 Å². The number of nitrogens with one attached hydrogen (secondary N) is 1. The SMILES string of the molecule is CC(=O)Oc1nnc(OC(C)=O)c2c1nc(C)n2Cc1ccc(-c2ccccc2-c2nnn[nH]2)cc1. The van der Waals surface area contributed by atoms with E-state index in [0.29, 0.717) is 23.7 Å². The van der Waals surface area contributed by atoms with E-state index in [4.69, 9.17) is 9.47 Å². The Morgan fingerprint density at radius 3 is 2.22 bits per heavy atom. The van der Waals surface area contributed by atoms with Crippen LogP contribution in [0.25, 0.3) is 33.5 Å². The molecule has 0 aliphatic heterocycles. The van der Waals surface area contributed by atoms with Gasteiger partial charge in [0, 0.05) is 26.0 Å². The largest absolute Gasteiger partial charge is 0.404 e. The van der Waals surface area contributed by atoms with E-state index in [1.165, 1.54) is 13.8 Å². The molecule has 0 aliphatic rings. The van der Waals surface area contributed by atoms with Crippen molar-refractivity contribution in [3.63, 3.8) is 0 Å². The average molecular weight is 484 g/mol. The molecule has 5 rings (SSSR count). The van der Waals surface area contributed by atoms with Gasteiger partial charge in [0.05, 0.1) is 0 Å². The first-order valence-electron chi connectivity index (χ1n) is 10.9. The highest BCUT2D eigenvalue weighted by Gasteiger charge is 2.22. The lowest BCUT2D eigenvalue weighted by Gasteiger charge is -2.11. The Balaban J connectivity index is 1.52. The smallest absolute Gasteiger partial charge is 0.309 e. The first-order chi connectivity index (χ1) is 17.4. The van der Waals surface area contributed by atoms with E-state index in [9.17, 15) is 9.59 Å². The van der Waals surface area contributed by atoms with E-state index >= 15 is 0 Å². The Labute approximate surface area is 204 Å². The van der Waals surface area contributed by atoms with Crippen LogP contribution < -0.4 is 9.47 Å². The number of aromatic nitrogens is 8. The molecule has 3 aromatic heterocycles. The number of ether oxygens (including phenoxy) is 2. The fourth-order valence-electron chi connectivity index (χ4n) is 3.91. The van der Waals surface area contributed by atoms with Gasteiger partial charge < -0.3 is 14.0 Å². The second kappa shape index (κ2) is 9.33. The van der Waals surface area contributed by atoms with Gasteiger partial charge in [0.15, 0.2) is 11.3 Å². The molecule has 0 amide bonds. The lowest BCUT2D eigenvalue weighted by molar-refractivity contribution is -0.133. The summed E-state index contributed by atoms with van der Waals surface area (Å²) in [6.07, 6.45) is 0. The van der Waals surface area contributed by atoms with Gasteiger partial charge in [-0.05, 0) is 34.0 Å². The van der Waals surface area contributed by atoms with Crippen LogP contribution in [0.4, 0.5) is 0 Å². The van der Waals surface area contributed by atoms with Crippen molar-refractivity contribution in [2.24, 2.45) is 0 Å². The number of carbonyl (C=O) groups excluding carboxylic acids is 2. The number of nitrogens with zero attached hydrogens (tertiary/aromatic N) is 7. The predicted octanol–water partition coefficient (Wildman–Crippen LogP) is 2.88. The average Bonchev–Trinajstić information content (AvgIpc) is 3.50. The minimum atomic E-state index is -0.560. The van der Waals surface area contributed by atoms with Crippen molar-refractivity contribution < 1.29 is 19.1 Å². The van der Waals surface area contributed by atoms with E-state index in [1.54, 1.807) is 6.92 Å². The van der Waals surface area contributed by atoms with E-state index < -0.39 is 11.9 Å². The third kappa shape index (κ3) is 4.39. The summed E-state index contributed by atoms with van der Waals surface area (Å²) in [5.74, 6) is 0.00675. The zero-order chi connectivity index (χ0) is 25.2. The lowest BCUT2D eigenvalue weighted by atomic mass is 9.98. The van der Waals surface area contributed by atoms with Crippen molar-refractivity contribution in [1.82, 2.24) is 40.4 Å². The standard InChI is InChI=1S/C24H20N8O4/c1-13-25-20-21(24(36-15(3)34)29-28-23(20)35-14(2)33)32(13)12-16-8-10-17(11-9-16)18-6-4-5-7-19(18)22-26-30-31-27-22/h4-11H,12H2,1-3H3,(H,26,27,30,31). The highest BCUT2D eigenvalue weighted by atomic mass is 16.6. The number of hydrogen-bond acceptors (Lipinski definition) is 10. The molecule has 36 heavy (non-hydrogen) atoms. The van der Waals surface area contributed by atoms with Crippen molar-refractivity contribution in [2.75, 3.05) is 0 Å². The van der Waals surface area contributed by atoms with E-state index in [0.717, 1.165) is 22.3 Å². The molecule has 0 aliphatic carbocycles. The Bertz CT molecular complexity index is 1580. The Hall–Kier alpha value is -5.00. The zero-order valence-electron chi connectivity index (χ0n) is 19.6. The molecular formula is C24H20N8O4. The molecule has 180 valence electrons. The Morgan fingerprint density at radius 1 is 0.889 bits per heavy atom. The van der Waals surface area contributed by atoms with Crippen LogP contribution in [0.1, 0.15) is 25.2 Å². The Kier molecular flexibility index (Phi) is 5.90. The second-order valence-electron chi connectivity index (χ2n) is 7.93. The molecule has 12 heteroatoms. The molecule has 12 nitrogen and oxygen atoms in total. The van der Waals surface area contributed by atoms with Crippen molar-refractivity contribution in [1.29, 1.82) is 0 Å². The summed E-state index contributed by atoms with van der Waals surface area (Å²) in [4.78, 5) is 27.7. The van der Waals surface area contributed by atoms with Crippen LogP contribution in [-0.2, 0) is 16.1 Å². The van der Waals surface area contributed by atoms with Crippen LogP contribution in [0.15, 0.2) is 48.5 Å². The summed E-state index contributed by atoms with van der Waals surface area (Å²) in [6, 6.07) is 15.8. The highest BCUT2D eigenvalue weighted by Crippen LogP contribution is 2.32. The maximum atomic E-state index is 11.7. The molecule has 0 radical (unpaired) electrons. The molecule has 0 saturated heterocycles. The maximum Gasteiger partial charge on any atom is 0.309 e. The number of rotatable bonds is 6. The molecule has 2 aromatic carbocycles. The van der Waals surface area contributed by atoms with E-state index in [2.05, 4.69) is 35.8 Å². The van der Waals surface area contributed by atoms with Gasteiger partial charge >= 0.3 is 11.9 Å². The zero-order valence-corrected chi connectivity index (χ0v) is 19.6. The molecular weight excluding hydrogens is 464 g/mol. The van der Waals surface area contributed by atoms with Crippen LogP contribution in [-0.4, -0.2) is 52.3 Å². The summed E-state index contributed by atoms with van der Waals surface area (Å²) < 4.78 is 12.3. The fraction of sp³-hybridized carbons (Fsp3) is 0.167. The highest BCUT2D eigenvalue weighted by molar-refractivity contribution is 5.88. The van der Waals surface area contributed by atoms with E-state index in [-0.39, 0.29) is 17.3 Å². The molecule has 0 saturated carbocycles. The predicted molar refractivity (Wildman–Crippen MR) is 127 cm³/mol. The normalized spacial score (nSPS) is 11.0. The molecule has 5 aromatic rings. The van der Waals surface area contributed by atoms with Gasteiger partial charge in [-0.25, -0.2) is 10.1 Å². The monoisotopic (exact) mass is 484 g/mol. The number of benzene rings is 2. The number of carbonyl (C=O) groups is 2. The number of esters is 2. The topological polar surface area (TPSA) is 151 Å². The summed E-state index contributed by atoms with van der Waals surface area (Å²) in [5.41, 5.74) is 4.49. The van der Waals surface area contributed by atoms with Crippen LogP contribution in [0.3, 0.4) is 0 Å². The molecule has 0 spiro atoms. The molecule has 0 unspecified atom stereocenters. The second-order valence-corrected chi connectivity index (χ2v) is 7.93. The van der Waals surface area contributed by atoms with Gasteiger partial charge in [0.2, 0.25) is 0 Å². The maximum absolute atomic E-state index is 11.7. The van der Waals surface area contributed by atoms with Gasteiger partial charge in [0.25, 0.3) is 11.8 Å². The third-order valence-electron chi connectivity index (χ3n) is 5.41. The van der Waals surface area contributed by atoms with Gasteiger partial charge in [-0.2, -0.15) is 0 Å². The van der Waals surface area contributed by atoms with Crippen LogP contribution in [0.5, 0.6) is 11.8 Å². The van der Waals surface area contributed by atoms with E-state index in [1.807, 2.05) is 53.1 Å². The first kappa shape index (κ1) is 22.8. The molecule has 0 atom stereocenters. The Morgan fingerprint density at radius 2 is 1.56 bits per heavy atom. The summed E-state index contributed by atoms with van der Waals surface area (Å²) in [7, 11) is 0. The quantitative estimate of drug-likeness (QED) is 0.356. The summed E-state index contributed by atoms with van der Waals surface area (Å²) >= 11 is 0.